The highest BCUT2D eigenvalue weighted by Gasteiger charge is 2.25. The van der Waals surface area contributed by atoms with Gasteiger partial charge < -0.3 is 19.1 Å². The van der Waals surface area contributed by atoms with Crippen molar-refractivity contribution in [2.24, 2.45) is 0 Å². The van der Waals surface area contributed by atoms with E-state index in [0.717, 1.165) is 36.6 Å². The minimum absolute atomic E-state index is 0.0533. The molecule has 1 amide bonds. The van der Waals surface area contributed by atoms with Crippen molar-refractivity contribution < 1.29 is 9.53 Å². The largest absolute Gasteiger partial charge is 0.497 e. The van der Waals surface area contributed by atoms with E-state index in [1.165, 1.54) is 0 Å². The zero-order valence-corrected chi connectivity index (χ0v) is 15.8. The van der Waals surface area contributed by atoms with Gasteiger partial charge in [0.1, 0.15) is 5.75 Å². The molecule has 140 valence electrons. The Kier molecular flexibility index (Phi) is 4.71. The first-order chi connectivity index (χ1) is 13.2. The number of carbonyl (C=O) groups excluding carboxylic acids is 1. The molecule has 0 bridgehead atoms. The van der Waals surface area contributed by atoms with Crippen molar-refractivity contribution in [3.8, 4) is 5.75 Å². The predicted octanol–water partition coefficient (Wildman–Crippen LogP) is 3.03. The molecule has 2 heterocycles. The summed E-state index contributed by atoms with van der Waals surface area (Å²) in [5.74, 6) is 1.75. The normalized spacial score (nSPS) is 14.6. The second-order valence-corrected chi connectivity index (χ2v) is 6.66. The van der Waals surface area contributed by atoms with Gasteiger partial charge in [-0.25, -0.2) is 4.98 Å². The highest BCUT2D eigenvalue weighted by atomic mass is 16.5. The summed E-state index contributed by atoms with van der Waals surface area (Å²) in [6.07, 6.45) is 0. The third kappa shape index (κ3) is 3.23. The molecular weight excluding hydrogens is 340 g/mol. The molecule has 2 aromatic carbocycles. The number of piperazine rings is 1. The topological polar surface area (TPSA) is 50.6 Å². The van der Waals surface area contributed by atoms with Crippen molar-refractivity contribution in [2.75, 3.05) is 38.2 Å². The fourth-order valence-electron chi connectivity index (χ4n) is 3.66. The monoisotopic (exact) mass is 364 g/mol. The number of fused-ring (bicyclic) bond motifs is 1. The molecule has 4 rings (SSSR count). The maximum Gasteiger partial charge on any atom is 0.254 e. The van der Waals surface area contributed by atoms with Crippen molar-refractivity contribution >= 4 is 22.9 Å². The second-order valence-electron chi connectivity index (χ2n) is 6.66. The quantitative estimate of drug-likeness (QED) is 0.714. The van der Waals surface area contributed by atoms with Crippen molar-refractivity contribution in [1.29, 1.82) is 0 Å². The standard InChI is InChI=1S/C21H24N4O2/c1-3-25-19-10-5-4-9-18(19)22-21(25)24-13-11-23(12-14-24)20(26)16-7-6-8-17(15-16)27-2/h4-10,15H,3,11-14H2,1-2H3. The second kappa shape index (κ2) is 7.31. The smallest absolute Gasteiger partial charge is 0.254 e. The highest BCUT2D eigenvalue weighted by molar-refractivity contribution is 5.94. The van der Waals surface area contributed by atoms with E-state index < -0.39 is 0 Å². The molecule has 1 aromatic heterocycles. The van der Waals surface area contributed by atoms with E-state index in [2.05, 4.69) is 22.5 Å². The van der Waals surface area contributed by atoms with Crippen molar-refractivity contribution in [1.82, 2.24) is 14.5 Å². The number of hydrogen-bond donors (Lipinski definition) is 0. The molecule has 0 N–H and O–H groups in total. The highest BCUT2D eigenvalue weighted by Crippen LogP contribution is 2.24. The number of imidazole rings is 1. The van der Waals surface area contributed by atoms with Crippen molar-refractivity contribution in [3.63, 3.8) is 0 Å². The van der Waals surface area contributed by atoms with Crippen LogP contribution in [-0.2, 0) is 6.54 Å². The van der Waals surface area contributed by atoms with E-state index in [1.807, 2.05) is 41.3 Å². The Hall–Kier alpha value is -3.02. The van der Waals surface area contributed by atoms with Crippen LogP contribution >= 0.6 is 0 Å². The number of amides is 1. The maximum atomic E-state index is 12.8. The van der Waals surface area contributed by atoms with Crippen LogP contribution in [0.2, 0.25) is 0 Å². The number of hydrogen-bond acceptors (Lipinski definition) is 4. The van der Waals surface area contributed by atoms with Crippen LogP contribution in [0.3, 0.4) is 0 Å². The van der Waals surface area contributed by atoms with Crippen molar-refractivity contribution in [3.05, 3.63) is 54.1 Å². The molecule has 6 heteroatoms. The van der Waals surface area contributed by atoms with E-state index in [0.29, 0.717) is 24.4 Å². The zero-order valence-electron chi connectivity index (χ0n) is 15.8. The van der Waals surface area contributed by atoms with Gasteiger partial charge in [0.05, 0.1) is 18.1 Å². The third-order valence-electron chi connectivity index (χ3n) is 5.12. The van der Waals surface area contributed by atoms with Crippen LogP contribution in [0.5, 0.6) is 5.75 Å². The average molecular weight is 364 g/mol. The SMILES string of the molecule is CCn1c(N2CCN(C(=O)c3cccc(OC)c3)CC2)nc2ccccc21. The van der Waals surface area contributed by atoms with E-state index in [9.17, 15) is 4.79 Å². The third-order valence-corrected chi connectivity index (χ3v) is 5.12. The Morgan fingerprint density at radius 1 is 1.07 bits per heavy atom. The number of carbonyl (C=O) groups is 1. The average Bonchev–Trinajstić information content (AvgIpc) is 3.12. The molecule has 1 aliphatic heterocycles. The summed E-state index contributed by atoms with van der Waals surface area (Å²) >= 11 is 0. The molecular formula is C21H24N4O2. The van der Waals surface area contributed by atoms with Crippen molar-refractivity contribution in [2.45, 2.75) is 13.5 Å². The summed E-state index contributed by atoms with van der Waals surface area (Å²) in [6, 6.07) is 15.6. The Balaban J connectivity index is 1.50. The number of ether oxygens (including phenoxy) is 1. The summed E-state index contributed by atoms with van der Waals surface area (Å²) in [6.45, 7) is 5.93. The first kappa shape index (κ1) is 17.4. The Morgan fingerprint density at radius 2 is 1.85 bits per heavy atom. The summed E-state index contributed by atoms with van der Waals surface area (Å²) in [7, 11) is 1.61. The van der Waals surface area contributed by atoms with Gasteiger partial charge in [0.2, 0.25) is 5.95 Å². The maximum absolute atomic E-state index is 12.8. The van der Waals surface area contributed by atoms with Gasteiger partial charge in [-0.05, 0) is 37.3 Å². The van der Waals surface area contributed by atoms with Gasteiger partial charge >= 0.3 is 0 Å². The fourth-order valence-corrected chi connectivity index (χ4v) is 3.66. The van der Waals surface area contributed by atoms with Crippen LogP contribution in [0.1, 0.15) is 17.3 Å². The molecule has 27 heavy (non-hydrogen) atoms. The van der Waals surface area contributed by atoms with Gasteiger partial charge in [0, 0.05) is 38.3 Å². The van der Waals surface area contributed by atoms with Gasteiger partial charge in [-0.1, -0.05) is 18.2 Å². The minimum atomic E-state index is 0.0533. The summed E-state index contributed by atoms with van der Waals surface area (Å²) in [4.78, 5) is 21.8. The molecule has 0 atom stereocenters. The lowest BCUT2D eigenvalue weighted by atomic mass is 10.1. The molecule has 3 aromatic rings. The summed E-state index contributed by atoms with van der Waals surface area (Å²) < 4.78 is 7.48. The fraction of sp³-hybridized carbons (Fsp3) is 0.333. The number of aryl methyl sites for hydroxylation is 1. The zero-order chi connectivity index (χ0) is 18.8. The molecule has 0 radical (unpaired) electrons. The number of nitrogens with zero attached hydrogens (tertiary/aromatic N) is 4. The van der Waals surface area contributed by atoms with E-state index in [-0.39, 0.29) is 5.91 Å². The van der Waals surface area contributed by atoms with Gasteiger partial charge in [-0.2, -0.15) is 0 Å². The van der Waals surface area contributed by atoms with E-state index >= 15 is 0 Å². The first-order valence-electron chi connectivity index (χ1n) is 9.35. The number of benzene rings is 2. The Labute approximate surface area is 159 Å². The molecule has 1 aliphatic rings. The van der Waals surface area contributed by atoms with Gasteiger partial charge in [0.15, 0.2) is 0 Å². The van der Waals surface area contributed by atoms with Crippen LogP contribution < -0.4 is 9.64 Å². The Morgan fingerprint density at radius 3 is 2.59 bits per heavy atom. The molecule has 0 aliphatic carbocycles. The number of para-hydroxylation sites is 2. The lowest BCUT2D eigenvalue weighted by Gasteiger charge is -2.35. The van der Waals surface area contributed by atoms with Crippen LogP contribution in [-0.4, -0.2) is 53.6 Å². The molecule has 0 saturated carbocycles. The van der Waals surface area contributed by atoms with Crippen LogP contribution in [0.15, 0.2) is 48.5 Å². The van der Waals surface area contributed by atoms with Gasteiger partial charge in [-0.3, -0.25) is 4.79 Å². The first-order valence-corrected chi connectivity index (χ1v) is 9.35. The van der Waals surface area contributed by atoms with Crippen LogP contribution in [0, 0.1) is 0 Å². The summed E-state index contributed by atoms with van der Waals surface area (Å²) in [5.41, 5.74) is 2.85. The number of rotatable bonds is 4. The molecule has 6 nitrogen and oxygen atoms in total. The molecule has 1 saturated heterocycles. The number of aromatic nitrogens is 2. The van der Waals surface area contributed by atoms with Gasteiger partial charge in [0.25, 0.3) is 5.91 Å². The van der Waals surface area contributed by atoms with Crippen LogP contribution in [0.25, 0.3) is 11.0 Å². The molecule has 0 spiro atoms. The lowest BCUT2D eigenvalue weighted by molar-refractivity contribution is 0.0745. The molecule has 1 fully saturated rings. The summed E-state index contributed by atoms with van der Waals surface area (Å²) in [5, 5.41) is 0. The predicted molar refractivity (Wildman–Crippen MR) is 107 cm³/mol. The van der Waals surface area contributed by atoms with E-state index in [4.69, 9.17) is 9.72 Å². The van der Waals surface area contributed by atoms with Gasteiger partial charge in [-0.15, -0.1) is 0 Å². The molecule has 0 unspecified atom stereocenters. The Bertz CT molecular complexity index is 958. The lowest BCUT2D eigenvalue weighted by Crippen LogP contribution is -2.49. The number of methoxy groups -OCH3 is 1. The van der Waals surface area contributed by atoms with Crippen LogP contribution in [0.4, 0.5) is 5.95 Å². The number of anilines is 1. The van der Waals surface area contributed by atoms with E-state index in [1.54, 1.807) is 13.2 Å². The minimum Gasteiger partial charge on any atom is -0.497 e.